The van der Waals surface area contributed by atoms with Gasteiger partial charge in [-0.3, -0.25) is 4.98 Å². The van der Waals surface area contributed by atoms with Crippen molar-refractivity contribution in [2.75, 3.05) is 5.32 Å². The standard InChI is InChI=1S/C15H17FN2/c1-11(2)13-3-5-15(6-4-13)18-9-12-7-14(16)10-17-8-12/h3-8,10-11,18H,9H2,1-2H3. The van der Waals surface area contributed by atoms with E-state index in [1.807, 2.05) is 12.1 Å². The summed E-state index contributed by atoms with van der Waals surface area (Å²) < 4.78 is 12.9. The van der Waals surface area contributed by atoms with Gasteiger partial charge in [0.1, 0.15) is 5.82 Å². The summed E-state index contributed by atoms with van der Waals surface area (Å²) in [6, 6.07) is 9.79. The summed E-state index contributed by atoms with van der Waals surface area (Å²) in [6.45, 7) is 4.91. The van der Waals surface area contributed by atoms with Crippen molar-refractivity contribution in [1.82, 2.24) is 4.98 Å². The zero-order chi connectivity index (χ0) is 13.0. The Morgan fingerprint density at radius 3 is 2.50 bits per heavy atom. The van der Waals surface area contributed by atoms with Crippen molar-refractivity contribution >= 4 is 5.69 Å². The van der Waals surface area contributed by atoms with Crippen LogP contribution in [0.4, 0.5) is 10.1 Å². The summed E-state index contributed by atoms with van der Waals surface area (Å²) in [4.78, 5) is 3.82. The molecule has 1 heterocycles. The van der Waals surface area contributed by atoms with Crippen LogP contribution in [0.15, 0.2) is 42.7 Å². The van der Waals surface area contributed by atoms with E-state index in [0.29, 0.717) is 12.5 Å². The van der Waals surface area contributed by atoms with Gasteiger partial charge in [-0.1, -0.05) is 26.0 Å². The lowest BCUT2D eigenvalue weighted by atomic mass is 10.0. The second kappa shape index (κ2) is 5.63. The molecule has 0 amide bonds. The van der Waals surface area contributed by atoms with Crippen molar-refractivity contribution < 1.29 is 4.39 Å². The number of hydrogen-bond donors (Lipinski definition) is 1. The normalized spacial score (nSPS) is 10.7. The van der Waals surface area contributed by atoms with Crippen LogP contribution in [0.3, 0.4) is 0 Å². The predicted molar refractivity (Wildman–Crippen MR) is 72.1 cm³/mol. The molecule has 0 spiro atoms. The number of halogens is 1. The highest BCUT2D eigenvalue weighted by Gasteiger charge is 1.99. The molecule has 0 atom stereocenters. The second-order valence-electron chi connectivity index (χ2n) is 4.64. The van der Waals surface area contributed by atoms with E-state index in [9.17, 15) is 4.39 Å². The van der Waals surface area contributed by atoms with Gasteiger partial charge < -0.3 is 5.32 Å². The van der Waals surface area contributed by atoms with Crippen LogP contribution in [-0.2, 0) is 6.54 Å². The zero-order valence-corrected chi connectivity index (χ0v) is 10.7. The van der Waals surface area contributed by atoms with Gasteiger partial charge in [0.15, 0.2) is 0 Å². The third-order valence-electron chi connectivity index (χ3n) is 2.84. The number of aromatic nitrogens is 1. The maximum Gasteiger partial charge on any atom is 0.141 e. The highest BCUT2D eigenvalue weighted by atomic mass is 19.1. The molecule has 0 unspecified atom stereocenters. The Kier molecular flexibility index (Phi) is 3.92. The van der Waals surface area contributed by atoms with E-state index in [2.05, 4.69) is 36.3 Å². The van der Waals surface area contributed by atoms with Crippen LogP contribution in [0.2, 0.25) is 0 Å². The number of nitrogens with one attached hydrogen (secondary N) is 1. The van der Waals surface area contributed by atoms with Crippen LogP contribution < -0.4 is 5.32 Å². The average Bonchev–Trinajstić information content (AvgIpc) is 2.37. The molecule has 3 heteroatoms. The molecule has 0 bridgehead atoms. The molecule has 2 aromatic rings. The van der Waals surface area contributed by atoms with Gasteiger partial charge in [0.2, 0.25) is 0 Å². The van der Waals surface area contributed by atoms with Crippen molar-refractivity contribution in [2.24, 2.45) is 0 Å². The minimum Gasteiger partial charge on any atom is -0.381 e. The first-order valence-electron chi connectivity index (χ1n) is 6.08. The van der Waals surface area contributed by atoms with Gasteiger partial charge in [0, 0.05) is 18.4 Å². The maximum atomic E-state index is 12.9. The molecular formula is C15H17FN2. The summed E-state index contributed by atoms with van der Waals surface area (Å²) in [5.41, 5.74) is 3.18. The first-order chi connectivity index (χ1) is 8.65. The molecule has 1 aromatic carbocycles. The average molecular weight is 244 g/mol. The number of benzene rings is 1. The molecule has 0 radical (unpaired) electrons. The molecule has 94 valence electrons. The van der Waals surface area contributed by atoms with Gasteiger partial charge in [0.05, 0.1) is 6.20 Å². The molecule has 0 aliphatic carbocycles. The molecule has 0 saturated heterocycles. The number of pyridine rings is 1. The van der Waals surface area contributed by atoms with Crippen molar-refractivity contribution in [3.05, 3.63) is 59.7 Å². The molecule has 0 aliphatic rings. The zero-order valence-electron chi connectivity index (χ0n) is 10.7. The monoisotopic (exact) mass is 244 g/mol. The number of rotatable bonds is 4. The minimum absolute atomic E-state index is 0.301. The lowest BCUT2D eigenvalue weighted by molar-refractivity contribution is 0.619. The maximum absolute atomic E-state index is 12.9. The van der Waals surface area contributed by atoms with E-state index in [1.54, 1.807) is 6.20 Å². The molecule has 2 rings (SSSR count). The van der Waals surface area contributed by atoms with E-state index in [0.717, 1.165) is 11.3 Å². The SMILES string of the molecule is CC(C)c1ccc(NCc2cncc(F)c2)cc1. The summed E-state index contributed by atoms with van der Waals surface area (Å²) in [5, 5.41) is 3.25. The summed E-state index contributed by atoms with van der Waals surface area (Å²) in [7, 11) is 0. The van der Waals surface area contributed by atoms with Crippen LogP contribution in [0, 0.1) is 5.82 Å². The molecule has 1 aromatic heterocycles. The fourth-order valence-electron chi connectivity index (χ4n) is 1.74. The lowest BCUT2D eigenvalue weighted by Crippen LogP contribution is -2.00. The van der Waals surface area contributed by atoms with Gasteiger partial charge in [-0.05, 0) is 35.2 Å². The van der Waals surface area contributed by atoms with Crippen molar-refractivity contribution in [3.8, 4) is 0 Å². The van der Waals surface area contributed by atoms with Crippen molar-refractivity contribution in [2.45, 2.75) is 26.3 Å². The van der Waals surface area contributed by atoms with Crippen LogP contribution >= 0.6 is 0 Å². The van der Waals surface area contributed by atoms with Crippen LogP contribution in [0.1, 0.15) is 30.9 Å². The first kappa shape index (κ1) is 12.6. The molecular weight excluding hydrogens is 227 g/mol. The molecule has 0 aliphatic heterocycles. The van der Waals surface area contributed by atoms with Gasteiger partial charge >= 0.3 is 0 Å². The smallest absolute Gasteiger partial charge is 0.141 e. The number of nitrogens with zero attached hydrogens (tertiary/aromatic N) is 1. The largest absolute Gasteiger partial charge is 0.381 e. The summed E-state index contributed by atoms with van der Waals surface area (Å²) >= 11 is 0. The summed E-state index contributed by atoms with van der Waals surface area (Å²) in [6.07, 6.45) is 2.87. The predicted octanol–water partition coefficient (Wildman–Crippen LogP) is 3.96. The lowest BCUT2D eigenvalue weighted by Gasteiger charge is -2.09. The quantitative estimate of drug-likeness (QED) is 0.880. The molecule has 0 saturated carbocycles. The Balaban J connectivity index is 1.98. The van der Waals surface area contributed by atoms with E-state index in [-0.39, 0.29) is 5.82 Å². The van der Waals surface area contributed by atoms with E-state index in [1.165, 1.54) is 17.8 Å². The third kappa shape index (κ3) is 3.29. The first-order valence-corrected chi connectivity index (χ1v) is 6.08. The van der Waals surface area contributed by atoms with E-state index >= 15 is 0 Å². The third-order valence-corrected chi connectivity index (χ3v) is 2.84. The Labute approximate surface area is 107 Å². The molecule has 1 N–H and O–H groups in total. The van der Waals surface area contributed by atoms with Crippen molar-refractivity contribution in [1.29, 1.82) is 0 Å². The molecule has 2 nitrogen and oxygen atoms in total. The number of hydrogen-bond acceptors (Lipinski definition) is 2. The minimum atomic E-state index is -0.301. The molecule has 0 fully saturated rings. The fourth-order valence-corrected chi connectivity index (χ4v) is 1.74. The number of anilines is 1. The highest BCUT2D eigenvalue weighted by molar-refractivity contribution is 5.45. The Morgan fingerprint density at radius 2 is 1.89 bits per heavy atom. The Hall–Kier alpha value is -1.90. The van der Waals surface area contributed by atoms with Crippen LogP contribution in [-0.4, -0.2) is 4.98 Å². The van der Waals surface area contributed by atoms with E-state index in [4.69, 9.17) is 0 Å². The molecule has 18 heavy (non-hydrogen) atoms. The van der Waals surface area contributed by atoms with Gasteiger partial charge in [-0.25, -0.2) is 4.39 Å². The van der Waals surface area contributed by atoms with Crippen LogP contribution in [0.5, 0.6) is 0 Å². The fraction of sp³-hybridized carbons (Fsp3) is 0.267. The van der Waals surface area contributed by atoms with Crippen LogP contribution in [0.25, 0.3) is 0 Å². The van der Waals surface area contributed by atoms with Gasteiger partial charge in [0.25, 0.3) is 0 Å². The van der Waals surface area contributed by atoms with E-state index < -0.39 is 0 Å². The second-order valence-corrected chi connectivity index (χ2v) is 4.64. The van der Waals surface area contributed by atoms with Gasteiger partial charge in [-0.2, -0.15) is 0 Å². The van der Waals surface area contributed by atoms with Crippen molar-refractivity contribution in [3.63, 3.8) is 0 Å². The van der Waals surface area contributed by atoms with Gasteiger partial charge in [-0.15, -0.1) is 0 Å². The Morgan fingerprint density at radius 1 is 1.17 bits per heavy atom. The highest BCUT2D eigenvalue weighted by Crippen LogP contribution is 2.17. The Bertz CT molecular complexity index is 506. The topological polar surface area (TPSA) is 24.9 Å². The summed E-state index contributed by atoms with van der Waals surface area (Å²) in [5.74, 6) is 0.232.